The van der Waals surface area contributed by atoms with Crippen LogP contribution in [-0.4, -0.2) is 0 Å². The molecule has 2 heteroatoms. The zero-order chi connectivity index (χ0) is 35.3. The maximum absolute atomic E-state index is 6.18. The number of hydrogen-bond acceptors (Lipinski definition) is 2. The Labute approximate surface area is 308 Å². The summed E-state index contributed by atoms with van der Waals surface area (Å²) in [5.74, 6) is 0. The Morgan fingerprint density at radius 1 is 0.358 bits per heavy atom. The highest BCUT2D eigenvalue weighted by molar-refractivity contribution is 6.25. The number of para-hydroxylation sites is 1. The number of rotatable bonds is 4. The van der Waals surface area contributed by atoms with Crippen molar-refractivity contribution >= 4 is 71.3 Å². The van der Waals surface area contributed by atoms with Crippen molar-refractivity contribution in [2.45, 2.75) is 19.3 Å². The maximum Gasteiger partial charge on any atom is 0.135 e. The van der Waals surface area contributed by atoms with Gasteiger partial charge in [-0.2, -0.15) is 0 Å². The summed E-state index contributed by atoms with van der Waals surface area (Å²) in [6, 6.07) is 64.4. The molecule has 10 aromatic rings. The van der Waals surface area contributed by atoms with Crippen molar-refractivity contribution in [3.05, 3.63) is 187 Å². The highest BCUT2D eigenvalue weighted by Crippen LogP contribution is 2.51. The fourth-order valence-electron chi connectivity index (χ4n) is 9.06. The molecule has 0 spiro atoms. The van der Waals surface area contributed by atoms with Crippen molar-refractivity contribution in [1.29, 1.82) is 0 Å². The van der Waals surface area contributed by atoms with E-state index in [1.807, 2.05) is 12.1 Å². The highest BCUT2D eigenvalue weighted by Gasteiger charge is 2.35. The molecule has 53 heavy (non-hydrogen) atoms. The lowest BCUT2D eigenvalue weighted by Gasteiger charge is -2.28. The molecule has 0 atom stereocenters. The number of fused-ring (bicyclic) bond motifs is 12. The predicted octanol–water partition coefficient (Wildman–Crippen LogP) is 14.5. The summed E-state index contributed by atoms with van der Waals surface area (Å²) in [6.07, 6.45) is 0. The Morgan fingerprint density at radius 3 is 1.72 bits per heavy atom. The Kier molecular flexibility index (Phi) is 6.33. The van der Waals surface area contributed by atoms with E-state index in [1.165, 1.54) is 54.6 Å². The molecule has 11 rings (SSSR count). The van der Waals surface area contributed by atoms with Crippen molar-refractivity contribution in [2.75, 3.05) is 4.90 Å². The first-order valence-electron chi connectivity index (χ1n) is 18.4. The summed E-state index contributed by atoms with van der Waals surface area (Å²) in [5, 5.41) is 9.90. The molecule has 1 aliphatic carbocycles. The van der Waals surface area contributed by atoms with Gasteiger partial charge in [0, 0.05) is 33.2 Å². The van der Waals surface area contributed by atoms with Crippen molar-refractivity contribution < 1.29 is 4.42 Å². The third-order valence-corrected chi connectivity index (χ3v) is 11.6. The molecule has 1 aromatic heterocycles. The third kappa shape index (κ3) is 4.45. The molecule has 0 bridgehead atoms. The number of furan rings is 1. The average Bonchev–Trinajstić information content (AvgIpc) is 3.69. The van der Waals surface area contributed by atoms with Gasteiger partial charge in [0.25, 0.3) is 0 Å². The van der Waals surface area contributed by atoms with Gasteiger partial charge in [-0.3, -0.25) is 0 Å². The van der Waals surface area contributed by atoms with E-state index in [0.717, 1.165) is 50.1 Å². The zero-order valence-electron chi connectivity index (χ0n) is 29.6. The lowest BCUT2D eigenvalue weighted by Crippen LogP contribution is -2.15. The van der Waals surface area contributed by atoms with Crippen molar-refractivity contribution in [3.8, 4) is 22.3 Å². The number of anilines is 3. The Bertz CT molecular complexity index is 3070. The largest absolute Gasteiger partial charge is 0.456 e. The van der Waals surface area contributed by atoms with Crippen LogP contribution in [0.5, 0.6) is 0 Å². The van der Waals surface area contributed by atoms with Gasteiger partial charge in [0.15, 0.2) is 0 Å². The zero-order valence-corrected chi connectivity index (χ0v) is 29.6. The summed E-state index contributed by atoms with van der Waals surface area (Å²) < 4.78 is 6.18. The van der Waals surface area contributed by atoms with E-state index in [4.69, 9.17) is 4.42 Å². The lowest BCUT2D eigenvalue weighted by molar-refractivity contribution is 0.660. The second-order valence-electron chi connectivity index (χ2n) is 14.9. The van der Waals surface area contributed by atoms with Gasteiger partial charge in [0.05, 0.1) is 0 Å². The van der Waals surface area contributed by atoms with E-state index in [0.29, 0.717) is 0 Å². The second kappa shape index (κ2) is 11.2. The van der Waals surface area contributed by atoms with Gasteiger partial charge in [-0.1, -0.05) is 135 Å². The molecule has 9 aromatic carbocycles. The van der Waals surface area contributed by atoms with Gasteiger partial charge in [-0.15, -0.1) is 0 Å². The smallest absolute Gasteiger partial charge is 0.135 e. The van der Waals surface area contributed by atoms with Crippen LogP contribution >= 0.6 is 0 Å². The first-order chi connectivity index (χ1) is 26.0. The molecule has 0 amide bonds. The number of hydrogen-bond donors (Lipinski definition) is 0. The molecular weight excluding hydrogens is 643 g/mol. The predicted molar refractivity (Wildman–Crippen MR) is 224 cm³/mol. The van der Waals surface area contributed by atoms with Crippen LogP contribution in [0.3, 0.4) is 0 Å². The first-order valence-corrected chi connectivity index (χ1v) is 18.4. The molecule has 1 aliphatic rings. The standard InChI is InChI=1S/C51H35NO/c1-51(2)47-20-9-7-18-42(47)45-31-36(24-26-48(45)51)52(35-23-25-41-39-16-4-3-14-37(39)38-15-5-6-17-40(38)44(41)30-35)34-13-11-12-32(28-34)33-22-27-50-46(29-33)43-19-8-10-21-49(43)53-50/h3-31H,1-2H3. The van der Waals surface area contributed by atoms with E-state index >= 15 is 0 Å². The molecule has 0 saturated heterocycles. The van der Waals surface area contributed by atoms with Gasteiger partial charge in [-0.05, 0) is 120 Å². The summed E-state index contributed by atoms with van der Waals surface area (Å²) in [7, 11) is 0. The molecule has 0 saturated carbocycles. The summed E-state index contributed by atoms with van der Waals surface area (Å²) >= 11 is 0. The molecule has 0 radical (unpaired) electrons. The molecular formula is C51H35NO. The molecule has 0 unspecified atom stereocenters. The minimum absolute atomic E-state index is 0.0615. The van der Waals surface area contributed by atoms with Crippen LogP contribution in [-0.2, 0) is 5.41 Å². The van der Waals surface area contributed by atoms with E-state index in [-0.39, 0.29) is 5.41 Å². The van der Waals surface area contributed by atoms with Gasteiger partial charge in [-0.25, -0.2) is 0 Å². The molecule has 0 fully saturated rings. The summed E-state index contributed by atoms with van der Waals surface area (Å²) in [4.78, 5) is 2.44. The molecule has 2 nitrogen and oxygen atoms in total. The number of benzene rings is 9. The summed E-state index contributed by atoms with van der Waals surface area (Å²) in [6.45, 7) is 4.69. The quantitative estimate of drug-likeness (QED) is 0.172. The van der Waals surface area contributed by atoms with Crippen molar-refractivity contribution in [3.63, 3.8) is 0 Å². The van der Waals surface area contributed by atoms with Gasteiger partial charge < -0.3 is 9.32 Å². The normalized spacial score (nSPS) is 13.2. The molecule has 0 aliphatic heterocycles. The summed E-state index contributed by atoms with van der Waals surface area (Å²) in [5.41, 5.74) is 12.8. The SMILES string of the molecule is CC1(C)c2ccccc2-c2cc(N(c3cccc(-c4ccc5oc6ccccc6c5c4)c3)c3ccc4c5ccccc5c5ccccc5c4c3)ccc21. The lowest BCUT2D eigenvalue weighted by atomic mass is 9.82. The van der Waals surface area contributed by atoms with E-state index < -0.39 is 0 Å². The molecule has 1 heterocycles. The minimum Gasteiger partial charge on any atom is -0.456 e. The van der Waals surface area contributed by atoms with Crippen LogP contribution in [0, 0.1) is 0 Å². The van der Waals surface area contributed by atoms with Crippen LogP contribution < -0.4 is 4.90 Å². The monoisotopic (exact) mass is 677 g/mol. The topological polar surface area (TPSA) is 16.4 Å². The van der Waals surface area contributed by atoms with E-state index in [2.05, 4.69) is 183 Å². The van der Waals surface area contributed by atoms with Gasteiger partial charge in [0.2, 0.25) is 0 Å². The van der Waals surface area contributed by atoms with E-state index in [9.17, 15) is 0 Å². The third-order valence-electron chi connectivity index (χ3n) is 11.6. The number of nitrogens with zero attached hydrogens (tertiary/aromatic N) is 1. The average molecular weight is 678 g/mol. The second-order valence-corrected chi connectivity index (χ2v) is 14.9. The fourth-order valence-corrected chi connectivity index (χ4v) is 9.06. The Hall–Kier alpha value is -6.64. The first kappa shape index (κ1) is 30.0. The molecule has 250 valence electrons. The minimum atomic E-state index is -0.0615. The van der Waals surface area contributed by atoms with Crippen LogP contribution in [0.1, 0.15) is 25.0 Å². The fraction of sp³-hybridized carbons (Fsp3) is 0.0588. The van der Waals surface area contributed by atoms with E-state index in [1.54, 1.807) is 0 Å². The maximum atomic E-state index is 6.18. The van der Waals surface area contributed by atoms with Gasteiger partial charge >= 0.3 is 0 Å². The Balaban J connectivity index is 1.14. The highest BCUT2D eigenvalue weighted by atomic mass is 16.3. The van der Waals surface area contributed by atoms with Crippen molar-refractivity contribution in [2.24, 2.45) is 0 Å². The van der Waals surface area contributed by atoms with Crippen LogP contribution in [0.2, 0.25) is 0 Å². The van der Waals surface area contributed by atoms with Crippen LogP contribution in [0.15, 0.2) is 180 Å². The Morgan fingerprint density at radius 2 is 0.925 bits per heavy atom. The van der Waals surface area contributed by atoms with Crippen LogP contribution in [0.25, 0.3) is 76.5 Å². The van der Waals surface area contributed by atoms with Gasteiger partial charge in [0.1, 0.15) is 11.2 Å². The van der Waals surface area contributed by atoms with Crippen LogP contribution in [0.4, 0.5) is 17.1 Å². The van der Waals surface area contributed by atoms with Crippen molar-refractivity contribution in [1.82, 2.24) is 0 Å². The molecule has 0 N–H and O–H groups in total.